The molecule has 0 aliphatic heterocycles. The van der Waals surface area contributed by atoms with Crippen LogP contribution in [0.15, 0.2) is 21.5 Å². The second-order valence-electron chi connectivity index (χ2n) is 9.04. The van der Waals surface area contributed by atoms with Crippen LogP contribution in [0, 0.1) is 0 Å². The van der Waals surface area contributed by atoms with E-state index >= 15 is 0 Å². The minimum atomic E-state index is -2.72. The molecule has 0 aromatic heterocycles. The average Bonchev–Trinajstić information content (AvgIpc) is 2.71. The van der Waals surface area contributed by atoms with Gasteiger partial charge in [0.25, 0.3) is 0 Å². The van der Waals surface area contributed by atoms with Gasteiger partial charge in [-0.05, 0) is 0 Å². The maximum Gasteiger partial charge on any atom is -1.00 e. The molecule has 0 aromatic rings. The standard InChI is InChI=1S/2C6H15O2Si.C5H5.ClH.Zr/c2*1-6(2,3)8-9(4,5)7;1-2-4-5-3-1;;/h2*1-5H3;1-3H,4H2;1H;/q2*-1;;;+3/p-1. The number of rotatable bonds is 7. The van der Waals surface area contributed by atoms with Crippen LogP contribution < -0.4 is 12.4 Å². The van der Waals surface area contributed by atoms with E-state index in [1.807, 2.05) is 0 Å². The number of hydrogen-bond acceptors (Lipinski definition) is 4. The van der Waals surface area contributed by atoms with Crippen molar-refractivity contribution in [3.05, 3.63) is 21.5 Å². The summed E-state index contributed by atoms with van der Waals surface area (Å²) in [6, 6.07) is 0. The van der Waals surface area contributed by atoms with Gasteiger partial charge in [0.2, 0.25) is 0 Å². The van der Waals surface area contributed by atoms with Crippen LogP contribution in [0.4, 0.5) is 0 Å². The summed E-state index contributed by atoms with van der Waals surface area (Å²) >= 11 is -2.72. The monoisotopic (exact) mass is 484 g/mol. The predicted octanol–water partition coefficient (Wildman–Crippen LogP) is 2.35. The molecule has 0 bridgehead atoms. The normalized spacial score (nSPS) is 15.8. The van der Waals surface area contributed by atoms with Crippen LogP contribution in [0.5, 0.6) is 0 Å². The average molecular weight is 486 g/mol. The topological polar surface area (TPSA) is 36.9 Å². The van der Waals surface area contributed by atoms with Gasteiger partial charge < -0.3 is 12.4 Å². The molecule has 25 heavy (non-hydrogen) atoms. The molecular weight excluding hydrogens is 451 g/mol. The predicted molar refractivity (Wildman–Crippen MR) is 101 cm³/mol. The summed E-state index contributed by atoms with van der Waals surface area (Å²) in [5, 5.41) is 0. The molecule has 0 heterocycles. The van der Waals surface area contributed by atoms with Crippen LogP contribution in [0.3, 0.4) is 0 Å². The Morgan fingerprint density at radius 2 is 1.24 bits per heavy atom. The Morgan fingerprint density at radius 3 is 1.52 bits per heavy atom. The van der Waals surface area contributed by atoms with Crippen molar-refractivity contribution >= 4 is 17.1 Å². The third kappa shape index (κ3) is 11.4. The molecule has 1 rings (SSSR count). The molecule has 0 N–H and O–H groups in total. The fourth-order valence-electron chi connectivity index (χ4n) is 2.71. The summed E-state index contributed by atoms with van der Waals surface area (Å²) < 4.78 is 27.0. The largest absolute Gasteiger partial charge is 1.00 e. The van der Waals surface area contributed by atoms with Crippen LogP contribution in [0.25, 0.3) is 0 Å². The summed E-state index contributed by atoms with van der Waals surface area (Å²) in [4.78, 5) is 0. The van der Waals surface area contributed by atoms with Crippen LogP contribution in [-0.4, -0.2) is 28.3 Å². The Morgan fingerprint density at radius 1 is 0.840 bits per heavy atom. The van der Waals surface area contributed by atoms with E-state index in [0.717, 1.165) is 6.42 Å². The van der Waals surface area contributed by atoms with E-state index in [4.69, 9.17) is 13.9 Å². The smallest absolute Gasteiger partial charge is 1.00 e. The van der Waals surface area contributed by atoms with Crippen molar-refractivity contribution in [2.75, 3.05) is 0 Å². The zero-order valence-corrected chi connectivity index (χ0v) is 22.7. The molecule has 1 aliphatic rings. The number of allylic oxidation sites excluding steroid dienone is 4. The van der Waals surface area contributed by atoms with Crippen molar-refractivity contribution in [3.8, 4) is 0 Å². The molecule has 0 aromatic carbocycles. The van der Waals surface area contributed by atoms with E-state index in [-0.39, 0.29) is 23.6 Å². The second kappa shape index (κ2) is 9.42. The van der Waals surface area contributed by atoms with Crippen LogP contribution in [0.2, 0.25) is 26.2 Å². The molecule has 8 heteroatoms. The molecule has 0 amide bonds. The van der Waals surface area contributed by atoms with Gasteiger partial charge in [0.15, 0.2) is 0 Å². The molecule has 0 atom stereocenters. The van der Waals surface area contributed by atoms with Gasteiger partial charge in [0.1, 0.15) is 0 Å². The van der Waals surface area contributed by atoms with E-state index in [1.165, 1.54) is 3.28 Å². The first-order valence-electron chi connectivity index (χ1n) is 8.60. The zero-order chi connectivity index (χ0) is 18.8. The van der Waals surface area contributed by atoms with Gasteiger partial charge in [-0.2, -0.15) is 0 Å². The summed E-state index contributed by atoms with van der Waals surface area (Å²) in [6.45, 7) is 20.9. The van der Waals surface area contributed by atoms with E-state index in [1.54, 1.807) is 0 Å². The molecule has 146 valence electrons. The van der Waals surface area contributed by atoms with Crippen molar-refractivity contribution in [2.24, 2.45) is 0 Å². The molecule has 0 saturated carbocycles. The molecule has 0 fully saturated rings. The summed E-state index contributed by atoms with van der Waals surface area (Å²) in [6.07, 6.45) is 7.37. The minimum absolute atomic E-state index is 0. The third-order valence-electron chi connectivity index (χ3n) is 2.81. The Kier molecular flexibility index (Phi) is 9.77. The molecule has 1 aliphatic carbocycles. The van der Waals surface area contributed by atoms with Gasteiger partial charge in [-0.25, -0.2) is 0 Å². The minimum Gasteiger partial charge on any atom is -1.00 e. The van der Waals surface area contributed by atoms with Crippen molar-refractivity contribution in [1.82, 2.24) is 0 Å². The van der Waals surface area contributed by atoms with Crippen molar-refractivity contribution in [3.63, 3.8) is 0 Å². The van der Waals surface area contributed by atoms with Crippen molar-refractivity contribution < 1.29 is 48.9 Å². The summed E-state index contributed by atoms with van der Waals surface area (Å²) in [7, 11) is -4.53. The van der Waals surface area contributed by atoms with Crippen molar-refractivity contribution in [1.29, 1.82) is 0 Å². The maximum atomic E-state index is 6.59. The van der Waals surface area contributed by atoms with E-state index < -0.39 is 39.8 Å². The Bertz CT molecular complexity index is 464. The molecule has 0 saturated heterocycles. The SMILES string of the molecule is CC(C)(C)O[Si](C)(C)[O][Zr+]([O][Si](C)(C)OC(C)(C)C)[C]1=CC=CC1.[Cl-]. The molecule has 0 spiro atoms. The number of hydrogen-bond donors (Lipinski definition) is 0. The first-order chi connectivity index (χ1) is 10.6. The van der Waals surface area contributed by atoms with E-state index in [2.05, 4.69) is 86.0 Å². The van der Waals surface area contributed by atoms with Crippen molar-refractivity contribution in [2.45, 2.75) is 85.4 Å². The van der Waals surface area contributed by atoms with E-state index in [0.29, 0.717) is 0 Å². The van der Waals surface area contributed by atoms with Crippen LogP contribution in [-0.2, 0) is 36.5 Å². The van der Waals surface area contributed by atoms with Crippen LogP contribution >= 0.6 is 0 Å². The number of halogens is 1. The molecule has 4 nitrogen and oxygen atoms in total. The summed E-state index contributed by atoms with van der Waals surface area (Å²) in [5.74, 6) is 0. The van der Waals surface area contributed by atoms with Gasteiger partial charge in [-0.15, -0.1) is 0 Å². The van der Waals surface area contributed by atoms with Gasteiger partial charge in [-0.1, -0.05) is 0 Å². The van der Waals surface area contributed by atoms with Gasteiger partial charge in [-0.3, -0.25) is 0 Å². The summed E-state index contributed by atoms with van der Waals surface area (Å²) in [5.41, 5.74) is -0.414. The first-order valence-corrected chi connectivity index (χ1v) is 17.5. The van der Waals surface area contributed by atoms with E-state index in [9.17, 15) is 0 Å². The maximum absolute atomic E-state index is 6.59. The Balaban J connectivity index is 0.00000576. The van der Waals surface area contributed by atoms with Gasteiger partial charge in [0, 0.05) is 0 Å². The fourth-order valence-corrected chi connectivity index (χ4v) is 18.4. The fraction of sp³-hybridized carbons (Fsp3) is 0.765. The molecular formula is C17H35ClO4Si2Zr. The molecule has 0 unspecified atom stereocenters. The zero-order valence-electron chi connectivity index (χ0n) is 17.5. The quantitative estimate of drug-likeness (QED) is 0.518. The Labute approximate surface area is 172 Å². The van der Waals surface area contributed by atoms with Gasteiger partial charge in [0.05, 0.1) is 0 Å². The first kappa shape index (κ1) is 25.9. The van der Waals surface area contributed by atoms with Crippen LogP contribution in [0.1, 0.15) is 48.0 Å². The third-order valence-corrected chi connectivity index (χ3v) is 18.6. The Hall–Kier alpha value is 0.927. The van der Waals surface area contributed by atoms with Gasteiger partial charge >= 0.3 is 160 Å². The molecule has 0 radical (unpaired) electrons. The second-order valence-corrected chi connectivity index (χ2v) is 21.5.